The molecule has 2 heterocycles. The molecule has 3 unspecified atom stereocenters. The number of aromatic carboxylic acids is 2. The number of ether oxygens (including phenoxy) is 2. The number of aliphatic hydroxyl groups excluding tert-OH is 5. The second-order valence-electron chi connectivity index (χ2n) is 8.60. The lowest BCUT2D eigenvalue weighted by Crippen LogP contribution is -2.53. The molecule has 8 N–H and O–H groups in total. The lowest BCUT2D eigenvalue weighted by Gasteiger charge is -2.36. The van der Waals surface area contributed by atoms with Crippen LogP contribution in [0.4, 0.5) is 8.78 Å². The molecule has 14 heteroatoms. The van der Waals surface area contributed by atoms with Gasteiger partial charge in [0.1, 0.15) is 18.3 Å². The van der Waals surface area contributed by atoms with Crippen molar-refractivity contribution in [2.24, 2.45) is 0 Å². The summed E-state index contributed by atoms with van der Waals surface area (Å²) in [4.78, 5) is 22.9. The number of hydrogen-bond acceptors (Lipinski definition) is 10. The van der Waals surface area contributed by atoms with E-state index in [9.17, 15) is 43.9 Å². The van der Waals surface area contributed by atoms with Gasteiger partial charge in [0, 0.05) is 12.0 Å². The van der Waals surface area contributed by atoms with Crippen molar-refractivity contribution in [3.8, 4) is 0 Å². The van der Waals surface area contributed by atoms with E-state index in [-0.39, 0.29) is 18.6 Å². The summed E-state index contributed by atoms with van der Waals surface area (Å²) in [6, 6.07) is 9.20. The first kappa shape index (κ1) is 29.5. The third kappa shape index (κ3) is 5.25. The Labute approximate surface area is 213 Å². The van der Waals surface area contributed by atoms with Gasteiger partial charge in [0.15, 0.2) is 11.9 Å². The second-order valence-corrected chi connectivity index (χ2v) is 8.60. The Morgan fingerprint density at radius 3 is 2.00 bits per heavy atom. The molecular formula is C24H26F2O12. The van der Waals surface area contributed by atoms with Gasteiger partial charge >= 0.3 is 17.9 Å². The number of rotatable bonds is 6. The van der Waals surface area contributed by atoms with Crippen LogP contribution in [-0.4, -0.2) is 96.2 Å². The lowest BCUT2D eigenvalue weighted by molar-refractivity contribution is -0.224. The summed E-state index contributed by atoms with van der Waals surface area (Å²) >= 11 is 0. The van der Waals surface area contributed by atoms with Crippen LogP contribution in [0.25, 0.3) is 0 Å². The predicted molar refractivity (Wildman–Crippen MR) is 120 cm³/mol. The minimum Gasteiger partial charge on any atom is -0.478 e. The van der Waals surface area contributed by atoms with Gasteiger partial charge < -0.3 is 50.3 Å². The van der Waals surface area contributed by atoms with Gasteiger partial charge in [0.25, 0.3) is 0 Å². The molecule has 0 aromatic heterocycles. The van der Waals surface area contributed by atoms with Crippen LogP contribution >= 0.6 is 0 Å². The molecule has 0 saturated carbocycles. The maximum Gasteiger partial charge on any atom is 0.336 e. The number of aliphatic hydroxyl groups is 6. The molecule has 208 valence electrons. The summed E-state index contributed by atoms with van der Waals surface area (Å²) in [6.45, 7) is -0.238. The van der Waals surface area contributed by atoms with Gasteiger partial charge in [0.05, 0.1) is 23.8 Å². The first-order valence-electron chi connectivity index (χ1n) is 11.2. The summed E-state index contributed by atoms with van der Waals surface area (Å²) in [5.74, 6) is -7.53. The van der Waals surface area contributed by atoms with Gasteiger partial charge in [-0.1, -0.05) is 36.4 Å². The molecule has 0 radical (unpaired) electrons. The average Bonchev–Trinajstić information content (AvgIpc) is 3.31. The number of halogens is 2. The van der Waals surface area contributed by atoms with Gasteiger partial charge in [-0.05, 0) is 17.7 Å². The van der Waals surface area contributed by atoms with Crippen LogP contribution in [0, 0.1) is 0 Å². The van der Waals surface area contributed by atoms with E-state index < -0.39 is 77.1 Å². The molecule has 2 aliphatic heterocycles. The zero-order valence-corrected chi connectivity index (χ0v) is 19.5. The topological polar surface area (TPSA) is 214 Å². The summed E-state index contributed by atoms with van der Waals surface area (Å²) < 4.78 is 39.1. The van der Waals surface area contributed by atoms with Crippen molar-refractivity contribution >= 4 is 11.9 Å². The molecule has 38 heavy (non-hydrogen) atoms. The average molecular weight is 544 g/mol. The fraction of sp³-hybridized carbons (Fsp3) is 0.417. The quantitative estimate of drug-likeness (QED) is 0.237. The van der Waals surface area contributed by atoms with Gasteiger partial charge in [-0.2, -0.15) is 8.78 Å². The van der Waals surface area contributed by atoms with Crippen molar-refractivity contribution in [3.63, 3.8) is 0 Å². The molecular weight excluding hydrogens is 518 g/mol. The van der Waals surface area contributed by atoms with Gasteiger partial charge in [-0.25, -0.2) is 9.59 Å². The van der Waals surface area contributed by atoms with Crippen molar-refractivity contribution in [1.82, 2.24) is 0 Å². The molecule has 2 saturated heterocycles. The van der Waals surface area contributed by atoms with Crippen LogP contribution in [0.1, 0.15) is 44.4 Å². The smallest absolute Gasteiger partial charge is 0.336 e. The normalized spacial score (nSPS) is 30.8. The number of hydrogen-bond donors (Lipinski definition) is 8. The van der Waals surface area contributed by atoms with Crippen LogP contribution in [0.5, 0.6) is 0 Å². The SMILES string of the molecule is O=C(O)c1ccccc1C(O)[C@H]1OC(O)C(F)(F)[C@@]1(O)c1ccccc1C(=O)O.OC[C@H]1OC(O)C[C@@H]1O. The van der Waals surface area contributed by atoms with Crippen molar-refractivity contribution in [2.45, 2.75) is 54.9 Å². The van der Waals surface area contributed by atoms with E-state index in [0.717, 1.165) is 24.3 Å². The Morgan fingerprint density at radius 2 is 1.50 bits per heavy atom. The molecule has 7 atom stereocenters. The summed E-state index contributed by atoms with van der Waals surface area (Å²) in [5.41, 5.74) is -5.78. The largest absolute Gasteiger partial charge is 0.478 e. The monoisotopic (exact) mass is 544 g/mol. The first-order chi connectivity index (χ1) is 17.8. The van der Waals surface area contributed by atoms with E-state index in [0.29, 0.717) is 0 Å². The van der Waals surface area contributed by atoms with E-state index in [1.54, 1.807) is 0 Å². The lowest BCUT2D eigenvalue weighted by atomic mass is 9.78. The van der Waals surface area contributed by atoms with Crippen molar-refractivity contribution < 1.29 is 68.7 Å². The summed E-state index contributed by atoms with van der Waals surface area (Å²) in [7, 11) is 0. The Hall–Kier alpha value is -3.08. The van der Waals surface area contributed by atoms with Crippen molar-refractivity contribution in [3.05, 3.63) is 70.8 Å². The molecule has 12 nitrogen and oxygen atoms in total. The zero-order valence-electron chi connectivity index (χ0n) is 19.5. The fourth-order valence-corrected chi connectivity index (χ4v) is 4.32. The minimum absolute atomic E-state index is 0.200. The molecule has 0 aliphatic carbocycles. The third-order valence-electron chi connectivity index (χ3n) is 6.25. The van der Waals surface area contributed by atoms with E-state index >= 15 is 0 Å². The molecule has 2 aromatic rings. The molecule has 2 aliphatic rings. The van der Waals surface area contributed by atoms with Crippen LogP contribution in [-0.2, 0) is 15.1 Å². The highest BCUT2D eigenvalue weighted by atomic mass is 19.3. The van der Waals surface area contributed by atoms with E-state index in [1.165, 1.54) is 24.3 Å². The maximum absolute atomic E-state index is 14.9. The highest BCUT2D eigenvalue weighted by Gasteiger charge is 2.72. The number of alkyl halides is 2. The summed E-state index contributed by atoms with van der Waals surface area (Å²) in [5, 5.41) is 76.1. The molecule has 0 amide bonds. The molecule has 0 bridgehead atoms. The Balaban J connectivity index is 0.000000375. The van der Waals surface area contributed by atoms with Gasteiger partial charge in [-0.15, -0.1) is 0 Å². The van der Waals surface area contributed by atoms with Crippen LogP contribution < -0.4 is 0 Å². The Kier molecular flexibility index (Phi) is 8.80. The first-order valence-corrected chi connectivity index (χ1v) is 11.2. The standard InChI is InChI=1S/C19H16F2O8.C5H10O4/c20-19(21)17(27)29-14(13(22)9-5-1-2-6-10(9)15(23)24)18(19,28)12-8-4-3-7-11(12)16(25)26;6-2-4-3(7)1-5(8)9-4/h1-8,13-14,17,22,27-28H,(H,23,24)(H,25,26);3-8H,1-2H2/t13?,14-,17?,18-;3-,4+,5?/m10/s1. The second kappa shape index (κ2) is 11.3. The van der Waals surface area contributed by atoms with E-state index in [1.807, 2.05) is 0 Å². The van der Waals surface area contributed by atoms with E-state index in [4.69, 9.17) is 20.1 Å². The molecule has 0 spiro atoms. The molecule has 2 fully saturated rings. The van der Waals surface area contributed by atoms with Crippen LogP contribution in [0.2, 0.25) is 0 Å². The fourth-order valence-electron chi connectivity index (χ4n) is 4.32. The number of carboxylic acid groups (broad SMARTS) is 2. The molecule has 4 rings (SSSR count). The van der Waals surface area contributed by atoms with Crippen LogP contribution in [0.15, 0.2) is 48.5 Å². The van der Waals surface area contributed by atoms with E-state index in [2.05, 4.69) is 4.74 Å². The summed E-state index contributed by atoms with van der Waals surface area (Å²) in [6.07, 6.45) is -9.33. The Morgan fingerprint density at radius 1 is 0.947 bits per heavy atom. The number of carbonyl (C=O) groups is 2. The third-order valence-corrected chi connectivity index (χ3v) is 6.25. The van der Waals surface area contributed by atoms with Gasteiger partial charge in [0.2, 0.25) is 6.29 Å². The van der Waals surface area contributed by atoms with Crippen molar-refractivity contribution in [1.29, 1.82) is 0 Å². The maximum atomic E-state index is 14.9. The predicted octanol–water partition coefficient (Wildman–Crippen LogP) is -0.196. The highest BCUT2D eigenvalue weighted by molar-refractivity contribution is 5.90. The highest BCUT2D eigenvalue weighted by Crippen LogP contribution is 2.54. The minimum atomic E-state index is -4.43. The van der Waals surface area contributed by atoms with Crippen LogP contribution in [0.3, 0.4) is 0 Å². The van der Waals surface area contributed by atoms with Gasteiger partial charge in [-0.3, -0.25) is 0 Å². The van der Waals surface area contributed by atoms with Crippen molar-refractivity contribution in [2.75, 3.05) is 6.61 Å². The Bertz CT molecular complexity index is 1160. The number of benzene rings is 2. The molecule has 2 aromatic carbocycles. The zero-order chi connectivity index (χ0) is 28.4. The number of carboxylic acids is 2.